The van der Waals surface area contributed by atoms with E-state index in [0.29, 0.717) is 23.3 Å². The molecule has 1 aromatic heterocycles. The second-order valence-electron chi connectivity index (χ2n) is 5.92. The molecule has 3 N–H and O–H groups in total. The minimum atomic E-state index is -0.135. The van der Waals surface area contributed by atoms with Crippen LogP contribution in [0.5, 0.6) is 0 Å². The molecule has 116 valence electrons. The fraction of sp³-hybridized carbons (Fsp3) is 0.667. The molecule has 0 aromatic carbocycles. The van der Waals surface area contributed by atoms with Crippen LogP contribution in [0, 0.1) is 11.8 Å². The third-order valence-corrected chi connectivity index (χ3v) is 4.20. The maximum atomic E-state index is 11.7. The van der Waals surface area contributed by atoms with Gasteiger partial charge in [0.1, 0.15) is 5.82 Å². The van der Waals surface area contributed by atoms with Gasteiger partial charge in [-0.1, -0.05) is 12.8 Å². The van der Waals surface area contributed by atoms with E-state index in [0.717, 1.165) is 13.1 Å². The van der Waals surface area contributed by atoms with Crippen LogP contribution in [-0.2, 0) is 0 Å². The number of carbonyl (C=O) groups excluding carboxylic acids is 1. The second-order valence-corrected chi connectivity index (χ2v) is 5.92. The number of rotatable bonds is 5. The third kappa shape index (κ3) is 4.14. The molecule has 1 aliphatic rings. The number of nitrogens with one attached hydrogen (secondary N) is 1. The Balaban J connectivity index is 1.90. The Morgan fingerprint density at radius 2 is 2.00 bits per heavy atom. The zero-order valence-electron chi connectivity index (χ0n) is 12.9. The van der Waals surface area contributed by atoms with Crippen LogP contribution in [0.3, 0.4) is 0 Å². The third-order valence-electron chi connectivity index (χ3n) is 4.20. The van der Waals surface area contributed by atoms with Gasteiger partial charge in [0, 0.05) is 20.6 Å². The van der Waals surface area contributed by atoms with Crippen molar-refractivity contribution in [1.82, 2.24) is 15.1 Å². The van der Waals surface area contributed by atoms with Crippen LogP contribution in [0.25, 0.3) is 0 Å². The number of amides is 1. The fourth-order valence-corrected chi connectivity index (χ4v) is 2.87. The summed E-state index contributed by atoms with van der Waals surface area (Å²) in [6, 6.07) is 3.52. The lowest BCUT2D eigenvalue weighted by Crippen LogP contribution is -2.31. The highest BCUT2D eigenvalue weighted by molar-refractivity contribution is 5.91. The number of nitrogens with two attached hydrogens (primary N) is 1. The van der Waals surface area contributed by atoms with Crippen molar-refractivity contribution >= 4 is 11.7 Å². The summed E-state index contributed by atoms with van der Waals surface area (Å²) in [6.07, 6.45) is 5.02. The summed E-state index contributed by atoms with van der Waals surface area (Å²) in [5, 5.41) is 11.4. The number of nitrogens with zero attached hydrogens (tertiary/aromatic N) is 3. The number of hydrogen-bond acceptors (Lipinski definition) is 5. The van der Waals surface area contributed by atoms with E-state index in [1.54, 1.807) is 20.2 Å². The first-order valence-corrected chi connectivity index (χ1v) is 7.61. The highest BCUT2D eigenvalue weighted by atomic mass is 16.2. The average Bonchev–Trinajstić information content (AvgIpc) is 2.52. The van der Waals surface area contributed by atoms with Gasteiger partial charge in [-0.2, -0.15) is 0 Å². The topological polar surface area (TPSA) is 84.1 Å². The van der Waals surface area contributed by atoms with Gasteiger partial charge < -0.3 is 16.0 Å². The van der Waals surface area contributed by atoms with Crippen LogP contribution in [0.4, 0.5) is 5.82 Å². The molecule has 6 heteroatoms. The molecule has 0 spiro atoms. The minimum Gasteiger partial charge on any atom is -0.368 e. The van der Waals surface area contributed by atoms with E-state index in [4.69, 9.17) is 5.73 Å². The normalized spacial score (nSPS) is 21.9. The lowest BCUT2D eigenvalue weighted by atomic mass is 9.79. The highest BCUT2D eigenvalue weighted by Crippen LogP contribution is 2.29. The van der Waals surface area contributed by atoms with Crippen LogP contribution in [0.15, 0.2) is 12.1 Å². The molecule has 1 aromatic rings. The van der Waals surface area contributed by atoms with Gasteiger partial charge in [0.05, 0.1) is 0 Å². The monoisotopic (exact) mass is 291 g/mol. The highest BCUT2D eigenvalue weighted by Gasteiger charge is 2.23. The fourth-order valence-electron chi connectivity index (χ4n) is 2.87. The Morgan fingerprint density at radius 1 is 1.29 bits per heavy atom. The van der Waals surface area contributed by atoms with Gasteiger partial charge in [0.25, 0.3) is 5.91 Å². The van der Waals surface area contributed by atoms with Gasteiger partial charge in [-0.15, -0.1) is 10.2 Å². The van der Waals surface area contributed by atoms with E-state index in [-0.39, 0.29) is 5.91 Å². The first kappa shape index (κ1) is 15.7. The summed E-state index contributed by atoms with van der Waals surface area (Å²) in [7, 11) is 3.40. The molecule has 2 atom stereocenters. The van der Waals surface area contributed by atoms with Crippen molar-refractivity contribution in [2.75, 3.05) is 32.5 Å². The maximum Gasteiger partial charge on any atom is 0.273 e. The molecule has 0 aliphatic heterocycles. The van der Waals surface area contributed by atoms with E-state index in [1.165, 1.54) is 30.6 Å². The second kappa shape index (κ2) is 7.36. The van der Waals surface area contributed by atoms with Gasteiger partial charge in [0.2, 0.25) is 0 Å². The van der Waals surface area contributed by atoms with Crippen molar-refractivity contribution < 1.29 is 4.79 Å². The molecule has 0 saturated heterocycles. The summed E-state index contributed by atoms with van der Waals surface area (Å²) in [4.78, 5) is 13.2. The van der Waals surface area contributed by atoms with E-state index >= 15 is 0 Å². The molecular weight excluding hydrogens is 266 g/mol. The van der Waals surface area contributed by atoms with Crippen LogP contribution in [0.2, 0.25) is 0 Å². The van der Waals surface area contributed by atoms with Crippen molar-refractivity contribution in [2.24, 2.45) is 17.6 Å². The summed E-state index contributed by atoms with van der Waals surface area (Å²) in [6.45, 7) is 1.63. The van der Waals surface area contributed by atoms with Crippen molar-refractivity contribution in [1.29, 1.82) is 0 Å². The molecule has 1 heterocycles. The largest absolute Gasteiger partial charge is 0.368 e. The van der Waals surface area contributed by atoms with E-state index in [1.807, 2.05) is 6.07 Å². The molecule has 21 heavy (non-hydrogen) atoms. The van der Waals surface area contributed by atoms with E-state index in [2.05, 4.69) is 15.5 Å². The lowest BCUT2D eigenvalue weighted by molar-refractivity contribution is 0.0821. The molecule has 1 fully saturated rings. The van der Waals surface area contributed by atoms with Gasteiger partial charge in [-0.25, -0.2) is 0 Å². The zero-order valence-corrected chi connectivity index (χ0v) is 12.9. The number of carbonyl (C=O) groups is 1. The molecular formula is C15H25N5O. The summed E-state index contributed by atoms with van der Waals surface area (Å²) in [5.41, 5.74) is 6.21. The van der Waals surface area contributed by atoms with Crippen molar-refractivity contribution in [3.63, 3.8) is 0 Å². The molecule has 1 aliphatic carbocycles. The van der Waals surface area contributed by atoms with Crippen LogP contribution >= 0.6 is 0 Å². The van der Waals surface area contributed by atoms with Crippen molar-refractivity contribution in [3.8, 4) is 0 Å². The van der Waals surface area contributed by atoms with Gasteiger partial charge in [-0.05, 0) is 43.4 Å². The minimum absolute atomic E-state index is 0.135. The Morgan fingerprint density at radius 3 is 2.57 bits per heavy atom. The van der Waals surface area contributed by atoms with Gasteiger partial charge in [0.15, 0.2) is 5.69 Å². The van der Waals surface area contributed by atoms with Crippen molar-refractivity contribution in [3.05, 3.63) is 17.8 Å². The Bertz CT molecular complexity index is 460. The van der Waals surface area contributed by atoms with Crippen LogP contribution in [0.1, 0.15) is 36.2 Å². The molecule has 1 saturated carbocycles. The molecule has 2 rings (SSSR count). The Labute approximate surface area is 126 Å². The molecule has 0 bridgehead atoms. The SMILES string of the molecule is CN(C)C(=O)c1ccc(NCC2CCCCC2CN)nn1. The first-order chi connectivity index (χ1) is 10.1. The van der Waals surface area contributed by atoms with E-state index in [9.17, 15) is 4.79 Å². The Kier molecular flexibility index (Phi) is 5.50. The molecule has 1 amide bonds. The average molecular weight is 291 g/mol. The lowest BCUT2D eigenvalue weighted by Gasteiger charge is -2.30. The Hall–Kier alpha value is -1.69. The number of anilines is 1. The number of hydrogen-bond donors (Lipinski definition) is 2. The molecule has 2 unspecified atom stereocenters. The molecule has 0 radical (unpaired) electrons. The van der Waals surface area contributed by atoms with E-state index < -0.39 is 0 Å². The number of aromatic nitrogens is 2. The smallest absolute Gasteiger partial charge is 0.273 e. The summed E-state index contributed by atoms with van der Waals surface area (Å²) >= 11 is 0. The molecule has 6 nitrogen and oxygen atoms in total. The first-order valence-electron chi connectivity index (χ1n) is 7.61. The van der Waals surface area contributed by atoms with Gasteiger partial charge in [-0.3, -0.25) is 4.79 Å². The standard InChI is InChI=1S/C15H25N5O/c1-20(2)15(21)13-7-8-14(19-18-13)17-10-12-6-4-3-5-11(12)9-16/h7-8,11-12H,3-6,9-10,16H2,1-2H3,(H,17,19). The zero-order chi connectivity index (χ0) is 15.2. The van der Waals surface area contributed by atoms with Gasteiger partial charge >= 0.3 is 0 Å². The van der Waals surface area contributed by atoms with Crippen molar-refractivity contribution in [2.45, 2.75) is 25.7 Å². The quantitative estimate of drug-likeness (QED) is 0.855. The van der Waals surface area contributed by atoms with Crippen LogP contribution in [-0.4, -0.2) is 48.2 Å². The predicted molar refractivity (Wildman–Crippen MR) is 83.0 cm³/mol. The summed E-state index contributed by atoms with van der Waals surface area (Å²) < 4.78 is 0. The van der Waals surface area contributed by atoms with Crippen LogP contribution < -0.4 is 11.1 Å². The predicted octanol–water partition coefficient (Wildman–Crippen LogP) is 1.36. The summed E-state index contributed by atoms with van der Waals surface area (Å²) in [5.74, 6) is 1.79. The maximum absolute atomic E-state index is 11.7.